The van der Waals surface area contributed by atoms with Crippen molar-refractivity contribution in [2.24, 2.45) is 0 Å². The van der Waals surface area contributed by atoms with E-state index in [1.165, 1.54) is 64.2 Å². The fraction of sp³-hybridized carbons (Fsp3) is 0.603. The van der Waals surface area contributed by atoms with E-state index in [1.54, 1.807) is 0 Å². The molecule has 0 bridgehead atoms. The summed E-state index contributed by atoms with van der Waals surface area (Å²) < 4.78 is 16.7. The van der Waals surface area contributed by atoms with Gasteiger partial charge in [0.15, 0.2) is 6.10 Å². The molecule has 360 valence electrons. The Morgan fingerprint density at radius 2 is 0.688 bits per heavy atom. The number of ether oxygens (including phenoxy) is 3. The highest BCUT2D eigenvalue weighted by Gasteiger charge is 2.19. The number of carbonyl (C=O) groups is 3. The van der Waals surface area contributed by atoms with E-state index in [9.17, 15) is 14.4 Å². The minimum atomic E-state index is -0.818. The third-order valence-corrected chi connectivity index (χ3v) is 10.3. The zero-order valence-electron chi connectivity index (χ0n) is 41.0. The predicted octanol–water partition coefficient (Wildman–Crippen LogP) is 16.9. The van der Waals surface area contributed by atoms with E-state index >= 15 is 0 Å². The van der Waals surface area contributed by atoms with Gasteiger partial charge in [0.2, 0.25) is 0 Å². The first-order chi connectivity index (χ1) is 31.5. The Balaban J connectivity index is 4.55. The normalized spacial score (nSPS) is 13.1. The minimum absolute atomic E-state index is 0.112. The summed E-state index contributed by atoms with van der Waals surface area (Å²) in [5.41, 5.74) is 0. The van der Waals surface area contributed by atoms with Gasteiger partial charge >= 0.3 is 17.9 Å². The van der Waals surface area contributed by atoms with Crippen LogP contribution in [0, 0.1) is 0 Å². The number of allylic oxidation sites excluding steroid dienone is 20. The number of esters is 3. The topological polar surface area (TPSA) is 78.9 Å². The average Bonchev–Trinajstić information content (AvgIpc) is 3.29. The van der Waals surface area contributed by atoms with Gasteiger partial charge in [0.25, 0.3) is 0 Å². The first-order valence-electron chi connectivity index (χ1n) is 25.6. The fourth-order valence-electron chi connectivity index (χ4n) is 6.51. The largest absolute Gasteiger partial charge is 0.462 e. The van der Waals surface area contributed by atoms with Gasteiger partial charge in [0, 0.05) is 19.3 Å². The fourth-order valence-corrected chi connectivity index (χ4v) is 6.51. The Labute approximate surface area is 392 Å². The summed E-state index contributed by atoms with van der Waals surface area (Å²) in [5.74, 6) is -0.998. The third-order valence-electron chi connectivity index (χ3n) is 10.3. The minimum Gasteiger partial charge on any atom is -0.462 e. The zero-order valence-corrected chi connectivity index (χ0v) is 41.0. The molecular formula is C58H92O6. The summed E-state index contributed by atoms with van der Waals surface area (Å²) in [5, 5.41) is 0. The molecule has 0 aliphatic carbocycles. The number of hydrogen-bond acceptors (Lipinski definition) is 6. The molecule has 0 aromatic rings. The number of hydrogen-bond donors (Lipinski definition) is 0. The van der Waals surface area contributed by atoms with Crippen LogP contribution in [0.15, 0.2) is 122 Å². The third kappa shape index (κ3) is 48.8. The van der Waals surface area contributed by atoms with Crippen LogP contribution in [0.4, 0.5) is 0 Å². The van der Waals surface area contributed by atoms with E-state index in [4.69, 9.17) is 14.2 Å². The molecule has 0 radical (unpaired) electrons. The van der Waals surface area contributed by atoms with Crippen LogP contribution in [0.1, 0.15) is 207 Å². The van der Waals surface area contributed by atoms with Gasteiger partial charge in [-0.3, -0.25) is 14.4 Å². The van der Waals surface area contributed by atoms with Gasteiger partial charge in [0.1, 0.15) is 13.2 Å². The molecule has 0 spiro atoms. The summed E-state index contributed by atoms with van der Waals surface area (Å²) in [4.78, 5) is 38.0. The second kappa shape index (κ2) is 51.4. The molecule has 0 heterocycles. The van der Waals surface area contributed by atoms with Crippen molar-refractivity contribution in [3.05, 3.63) is 122 Å². The summed E-state index contributed by atoms with van der Waals surface area (Å²) in [6.45, 7) is 6.28. The Morgan fingerprint density at radius 1 is 0.344 bits per heavy atom. The first-order valence-corrected chi connectivity index (χ1v) is 25.6. The first kappa shape index (κ1) is 59.8. The second-order valence-corrected chi connectivity index (χ2v) is 16.4. The van der Waals surface area contributed by atoms with Crippen LogP contribution >= 0.6 is 0 Å². The van der Waals surface area contributed by atoms with E-state index < -0.39 is 6.10 Å². The summed E-state index contributed by atoms with van der Waals surface area (Å²) in [6, 6.07) is 0. The highest BCUT2D eigenvalue weighted by atomic mass is 16.6. The van der Waals surface area contributed by atoms with Crippen LogP contribution in [0.2, 0.25) is 0 Å². The lowest BCUT2D eigenvalue weighted by atomic mass is 10.1. The quantitative estimate of drug-likeness (QED) is 0.0199. The van der Waals surface area contributed by atoms with Crippen molar-refractivity contribution in [2.75, 3.05) is 13.2 Å². The molecule has 6 heteroatoms. The van der Waals surface area contributed by atoms with Crippen LogP contribution < -0.4 is 0 Å². The van der Waals surface area contributed by atoms with Crippen molar-refractivity contribution in [1.82, 2.24) is 0 Å². The van der Waals surface area contributed by atoms with Crippen molar-refractivity contribution >= 4 is 17.9 Å². The number of unbranched alkanes of at least 4 members (excludes halogenated alkanes) is 17. The van der Waals surface area contributed by atoms with Crippen molar-refractivity contribution in [3.8, 4) is 0 Å². The molecule has 0 aromatic heterocycles. The molecule has 1 atom stereocenters. The van der Waals surface area contributed by atoms with Crippen molar-refractivity contribution < 1.29 is 28.6 Å². The van der Waals surface area contributed by atoms with E-state index in [2.05, 4.69) is 93.7 Å². The lowest BCUT2D eigenvalue weighted by molar-refractivity contribution is -0.167. The smallest absolute Gasteiger partial charge is 0.306 e. The molecule has 0 rings (SSSR count). The SMILES string of the molecule is CC\C=C/C=C\C=C/C=C\C=C/CCCCCC(=O)OC(COC(=O)CCCCC/C=C\C/C=C\C/C=C\C/C=C\CC)COC(=O)CCCCCCCCC/C=C\CCCCCC. The molecule has 0 aliphatic heterocycles. The summed E-state index contributed by atoms with van der Waals surface area (Å²) in [7, 11) is 0. The molecule has 0 aliphatic rings. The van der Waals surface area contributed by atoms with Gasteiger partial charge in [-0.25, -0.2) is 0 Å². The Hall–Kier alpha value is -4.19. The van der Waals surface area contributed by atoms with Gasteiger partial charge in [-0.05, 0) is 103 Å². The van der Waals surface area contributed by atoms with Crippen LogP contribution in [-0.2, 0) is 28.6 Å². The summed E-state index contributed by atoms with van der Waals surface area (Å²) in [6.07, 6.45) is 70.3. The molecule has 0 fully saturated rings. The Kier molecular flexibility index (Phi) is 48.1. The maximum absolute atomic E-state index is 12.8. The Bertz CT molecular complexity index is 1390. The van der Waals surface area contributed by atoms with Gasteiger partial charge in [-0.15, -0.1) is 0 Å². The molecule has 0 aromatic carbocycles. The number of carbonyl (C=O) groups excluding carboxylic acids is 3. The molecule has 6 nitrogen and oxygen atoms in total. The van der Waals surface area contributed by atoms with E-state index in [0.29, 0.717) is 19.3 Å². The average molecular weight is 885 g/mol. The Morgan fingerprint density at radius 3 is 1.17 bits per heavy atom. The predicted molar refractivity (Wildman–Crippen MR) is 274 cm³/mol. The molecule has 0 saturated carbocycles. The van der Waals surface area contributed by atoms with E-state index in [-0.39, 0.29) is 37.5 Å². The van der Waals surface area contributed by atoms with Gasteiger partial charge in [0.05, 0.1) is 0 Å². The van der Waals surface area contributed by atoms with E-state index in [0.717, 1.165) is 96.3 Å². The second-order valence-electron chi connectivity index (χ2n) is 16.4. The molecule has 0 amide bonds. The van der Waals surface area contributed by atoms with Crippen LogP contribution in [0.3, 0.4) is 0 Å². The highest BCUT2D eigenvalue weighted by molar-refractivity contribution is 5.71. The van der Waals surface area contributed by atoms with Gasteiger partial charge in [-0.1, -0.05) is 206 Å². The summed E-state index contributed by atoms with van der Waals surface area (Å²) >= 11 is 0. The van der Waals surface area contributed by atoms with Gasteiger partial charge < -0.3 is 14.2 Å². The molecule has 0 saturated heterocycles. The van der Waals surface area contributed by atoms with Crippen LogP contribution in [-0.4, -0.2) is 37.2 Å². The molecule has 0 N–H and O–H groups in total. The number of rotatable bonds is 44. The van der Waals surface area contributed by atoms with Crippen molar-refractivity contribution in [3.63, 3.8) is 0 Å². The standard InChI is InChI=1S/C58H92O6/c1-4-7-10-13-16-19-22-25-28-31-33-36-39-42-45-48-51-57(60)63-54-55(64-58(61)52-49-46-43-40-37-34-30-27-24-21-18-15-12-9-6-3)53-62-56(59)50-47-44-41-38-35-32-29-26-23-20-17-14-11-8-5-2/h7,9-10,12,15-16,18-21,23-25,27-28,30,33-34,36-37,55H,4-6,8,11,13-14,17,22,26,29,31-32,35,38-54H2,1-3H3/b10-7-,12-9-,18-15-,19-16-,23-20-,24-21-,28-25-,30-27-,36-33-,37-34-. The van der Waals surface area contributed by atoms with Crippen molar-refractivity contribution in [2.45, 2.75) is 213 Å². The highest BCUT2D eigenvalue weighted by Crippen LogP contribution is 2.13. The lowest BCUT2D eigenvalue weighted by Gasteiger charge is -2.18. The maximum Gasteiger partial charge on any atom is 0.306 e. The molecule has 64 heavy (non-hydrogen) atoms. The maximum atomic E-state index is 12.8. The van der Waals surface area contributed by atoms with Crippen molar-refractivity contribution in [1.29, 1.82) is 0 Å². The van der Waals surface area contributed by atoms with Crippen LogP contribution in [0.25, 0.3) is 0 Å². The lowest BCUT2D eigenvalue weighted by Crippen LogP contribution is -2.30. The van der Waals surface area contributed by atoms with E-state index in [1.807, 2.05) is 48.6 Å². The van der Waals surface area contributed by atoms with Crippen LogP contribution in [0.5, 0.6) is 0 Å². The van der Waals surface area contributed by atoms with Gasteiger partial charge in [-0.2, -0.15) is 0 Å². The zero-order chi connectivity index (χ0) is 46.5. The molecule has 1 unspecified atom stereocenters. The molecular weight excluding hydrogens is 793 g/mol. The monoisotopic (exact) mass is 885 g/mol.